The van der Waals surface area contributed by atoms with Crippen LogP contribution in [-0.2, 0) is 11.3 Å². The number of rotatable bonds is 9. The molecule has 3 amide bonds. The molecule has 3 aliphatic rings. The van der Waals surface area contributed by atoms with Crippen LogP contribution < -0.4 is 25.8 Å². The van der Waals surface area contributed by atoms with Gasteiger partial charge in [-0.25, -0.2) is 9.64 Å². The van der Waals surface area contributed by atoms with Gasteiger partial charge in [-0.3, -0.25) is 19.6 Å². The van der Waals surface area contributed by atoms with Crippen LogP contribution in [0.4, 0.5) is 33.4 Å². The van der Waals surface area contributed by atoms with E-state index in [0.717, 1.165) is 67.9 Å². The molecule has 1 aliphatic carbocycles. The first-order valence-corrected chi connectivity index (χ1v) is 15.7. The molecule has 45 heavy (non-hydrogen) atoms. The molecular formula is C35H40N8O2. The number of carbonyl (C=O) groups is 2. The summed E-state index contributed by atoms with van der Waals surface area (Å²) in [6.07, 6.45) is 7.30. The van der Waals surface area contributed by atoms with Gasteiger partial charge in [0.25, 0.3) is 0 Å². The number of urea groups is 1. The number of hydrogen-bond acceptors (Lipinski definition) is 6. The van der Waals surface area contributed by atoms with Crippen molar-refractivity contribution in [2.45, 2.75) is 62.8 Å². The second-order valence-electron chi connectivity index (χ2n) is 12.2. The SMILES string of the molecule is [C-]#[N+]c1ccc(NC2CCC(N(C(=O)NCc3ccccc3)c3ccc(N4C[C@H]5C[C@@H]4CN5C)c(NC(=O)C=C)c3)CC2)nc1. The third kappa shape index (κ3) is 6.79. The lowest BCUT2D eigenvalue weighted by atomic mass is 9.89. The predicted octanol–water partition coefficient (Wildman–Crippen LogP) is 5.79. The molecule has 10 nitrogen and oxygen atoms in total. The Morgan fingerprint density at radius 3 is 2.51 bits per heavy atom. The van der Waals surface area contributed by atoms with Gasteiger partial charge in [-0.05, 0) is 75.1 Å². The molecule has 0 spiro atoms. The van der Waals surface area contributed by atoms with Gasteiger partial charge < -0.3 is 20.9 Å². The zero-order valence-corrected chi connectivity index (χ0v) is 25.7. The minimum atomic E-state index is -0.278. The van der Waals surface area contributed by atoms with E-state index in [1.165, 1.54) is 6.08 Å². The Morgan fingerprint density at radius 1 is 1.07 bits per heavy atom. The first-order valence-electron chi connectivity index (χ1n) is 15.7. The maximum Gasteiger partial charge on any atom is 0.322 e. The number of hydrogen-bond donors (Lipinski definition) is 3. The minimum Gasteiger partial charge on any atom is -0.367 e. The topological polar surface area (TPSA) is 97.2 Å². The van der Waals surface area contributed by atoms with Gasteiger partial charge in [0.2, 0.25) is 11.6 Å². The fraction of sp³-hybridized carbons (Fsp3) is 0.371. The molecule has 2 bridgehead atoms. The number of nitrogens with zero attached hydrogens (tertiary/aromatic N) is 5. The van der Waals surface area contributed by atoms with Crippen molar-refractivity contribution in [2.75, 3.05) is 40.6 Å². The molecule has 2 aliphatic heterocycles. The van der Waals surface area contributed by atoms with E-state index >= 15 is 0 Å². The molecule has 2 saturated heterocycles. The average molecular weight is 605 g/mol. The van der Waals surface area contributed by atoms with Crippen LogP contribution in [0.15, 0.2) is 79.5 Å². The first-order chi connectivity index (χ1) is 21.9. The summed E-state index contributed by atoms with van der Waals surface area (Å²) in [4.78, 5) is 41.0. The third-order valence-electron chi connectivity index (χ3n) is 9.32. The van der Waals surface area contributed by atoms with E-state index in [1.54, 1.807) is 12.3 Å². The minimum absolute atomic E-state index is 0.0264. The van der Waals surface area contributed by atoms with Gasteiger partial charge in [0.05, 0.1) is 17.9 Å². The lowest BCUT2D eigenvalue weighted by Crippen LogP contribution is -2.48. The summed E-state index contributed by atoms with van der Waals surface area (Å²) in [6, 6.07) is 20.4. The number of piperazine rings is 1. The number of fused-ring (bicyclic) bond motifs is 2. The number of nitrogens with one attached hydrogen (secondary N) is 3. The highest BCUT2D eigenvalue weighted by molar-refractivity contribution is 6.02. The van der Waals surface area contributed by atoms with Crippen molar-refractivity contribution in [3.05, 3.63) is 96.5 Å². The van der Waals surface area contributed by atoms with Crippen LogP contribution in [-0.4, -0.2) is 66.1 Å². The van der Waals surface area contributed by atoms with Crippen molar-refractivity contribution in [1.82, 2.24) is 15.2 Å². The van der Waals surface area contributed by atoms with Crippen LogP contribution in [0.25, 0.3) is 4.85 Å². The van der Waals surface area contributed by atoms with Gasteiger partial charge in [-0.2, -0.15) is 0 Å². The molecule has 0 unspecified atom stereocenters. The summed E-state index contributed by atoms with van der Waals surface area (Å²) < 4.78 is 0. The van der Waals surface area contributed by atoms with Crippen LogP contribution >= 0.6 is 0 Å². The zero-order valence-electron chi connectivity index (χ0n) is 25.7. The maximum absolute atomic E-state index is 14.0. The molecule has 1 aromatic heterocycles. The molecule has 3 aromatic rings. The Balaban J connectivity index is 1.24. The molecular weight excluding hydrogens is 564 g/mol. The summed E-state index contributed by atoms with van der Waals surface area (Å²) in [7, 11) is 2.17. The molecule has 6 rings (SSSR count). The van der Waals surface area contributed by atoms with Crippen molar-refractivity contribution in [3.8, 4) is 0 Å². The van der Waals surface area contributed by atoms with Crippen molar-refractivity contribution in [3.63, 3.8) is 0 Å². The highest BCUT2D eigenvalue weighted by atomic mass is 16.2. The van der Waals surface area contributed by atoms with E-state index in [0.29, 0.717) is 30.0 Å². The standard InChI is InChI=1S/C35H40N8O2/c1-4-34(44)40-31-19-28(15-16-32(31)42-23-29-18-30(42)22-41(29)3)43(35(45)38-20-24-8-6-5-7-9-24)27-13-10-25(11-14-27)39-33-17-12-26(36-2)21-37-33/h4-9,12,15-17,19,21,25,27,29-30H,1,10-11,13-14,18,20,22-23H2,3H3,(H,37,39)(H,38,45)(H,40,44)/t25?,27?,29-,30-/m1/s1. The Hall–Kier alpha value is -4.88. The highest BCUT2D eigenvalue weighted by Crippen LogP contribution is 2.40. The Labute approximate surface area is 264 Å². The van der Waals surface area contributed by atoms with Crippen molar-refractivity contribution >= 4 is 40.5 Å². The number of aromatic nitrogens is 1. The molecule has 2 aromatic carbocycles. The van der Waals surface area contributed by atoms with Crippen molar-refractivity contribution in [1.29, 1.82) is 0 Å². The van der Waals surface area contributed by atoms with E-state index in [-0.39, 0.29) is 24.0 Å². The maximum atomic E-state index is 14.0. The summed E-state index contributed by atoms with van der Waals surface area (Å²) in [6.45, 7) is 13.1. The van der Waals surface area contributed by atoms with E-state index in [4.69, 9.17) is 6.57 Å². The van der Waals surface area contributed by atoms with Gasteiger partial charge in [0, 0.05) is 55.7 Å². The molecule has 232 valence electrons. The van der Waals surface area contributed by atoms with E-state index < -0.39 is 0 Å². The largest absolute Gasteiger partial charge is 0.367 e. The number of carbonyl (C=O) groups excluding carboxylic acids is 2. The fourth-order valence-electron chi connectivity index (χ4n) is 6.95. The second-order valence-corrected chi connectivity index (χ2v) is 12.2. The summed E-state index contributed by atoms with van der Waals surface area (Å²) in [5, 5.41) is 9.68. The van der Waals surface area contributed by atoms with Crippen molar-refractivity contribution in [2.24, 2.45) is 0 Å². The lowest BCUT2D eigenvalue weighted by Gasteiger charge is -2.38. The van der Waals surface area contributed by atoms with Gasteiger partial charge in [-0.15, -0.1) is 0 Å². The Bertz CT molecular complexity index is 1560. The van der Waals surface area contributed by atoms with Crippen LogP contribution in [0, 0.1) is 6.57 Å². The predicted molar refractivity (Wildman–Crippen MR) is 179 cm³/mol. The average Bonchev–Trinajstić information content (AvgIpc) is 3.65. The number of anilines is 4. The zero-order chi connectivity index (χ0) is 31.3. The first kappa shape index (κ1) is 30.2. The van der Waals surface area contributed by atoms with E-state index in [9.17, 15) is 9.59 Å². The number of pyridine rings is 1. The smallest absolute Gasteiger partial charge is 0.322 e. The van der Waals surface area contributed by atoms with Crippen LogP contribution in [0.2, 0.25) is 0 Å². The highest BCUT2D eigenvalue weighted by Gasteiger charge is 2.42. The van der Waals surface area contributed by atoms with Gasteiger partial charge in [-0.1, -0.05) is 43.0 Å². The summed E-state index contributed by atoms with van der Waals surface area (Å²) >= 11 is 0. The van der Waals surface area contributed by atoms with Gasteiger partial charge in [0.15, 0.2) is 0 Å². The number of amides is 3. The molecule has 0 radical (unpaired) electrons. The third-order valence-corrected chi connectivity index (χ3v) is 9.32. The lowest BCUT2D eigenvalue weighted by molar-refractivity contribution is -0.111. The normalized spacial score (nSPS) is 22.4. The monoisotopic (exact) mass is 604 g/mol. The molecule has 2 atom stereocenters. The van der Waals surface area contributed by atoms with Crippen LogP contribution in [0.5, 0.6) is 0 Å². The van der Waals surface area contributed by atoms with Crippen LogP contribution in [0.3, 0.4) is 0 Å². The molecule has 3 N–H and O–H groups in total. The van der Waals surface area contributed by atoms with E-state index in [2.05, 4.69) is 55.3 Å². The molecule has 10 heteroatoms. The van der Waals surface area contributed by atoms with Crippen molar-refractivity contribution < 1.29 is 9.59 Å². The molecule has 3 fully saturated rings. The summed E-state index contributed by atoms with van der Waals surface area (Å²) in [5.74, 6) is 0.475. The summed E-state index contributed by atoms with van der Waals surface area (Å²) in [5.41, 5.74) is 3.96. The molecule has 3 heterocycles. The Kier molecular flexibility index (Phi) is 8.98. The number of likely N-dealkylation sites (tertiary alicyclic amines) is 1. The van der Waals surface area contributed by atoms with Crippen LogP contribution in [0.1, 0.15) is 37.7 Å². The second kappa shape index (κ2) is 13.4. The van der Waals surface area contributed by atoms with E-state index in [1.807, 2.05) is 53.4 Å². The Morgan fingerprint density at radius 2 is 1.87 bits per heavy atom. The molecule has 1 saturated carbocycles. The number of benzene rings is 2. The number of likely N-dealkylation sites (N-methyl/N-ethyl adjacent to an activating group) is 1. The van der Waals surface area contributed by atoms with Gasteiger partial charge >= 0.3 is 6.03 Å². The quantitative estimate of drug-likeness (QED) is 0.211. The van der Waals surface area contributed by atoms with Gasteiger partial charge in [0.1, 0.15) is 5.82 Å². The fourth-order valence-corrected chi connectivity index (χ4v) is 6.95.